The summed E-state index contributed by atoms with van der Waals surface area (Å²) in [4.78, 5) is 24.7. The second-order valence-corrected chi connectivity index (χ2v) is 3.29. The number of nitrogens with zero attached hydrogens (tertiary/aromatic N) is 2. The number of nitrogens with one attached hydrogen (secondary N) is 1. The Kier molecular flexibility index (Phi) is 3.27. The molecule has 14 heavy (non-hydrogen) atoms. The Labute approximate surface area is 84.0 Å². The van der Waals surface area contributed by atoms with Crippen molar-refractivity contribution >= 4 is 25.4 Å². The van der Waals surface area contributed by atoms with E-state index in [4.69, 9.17) is 13.3 Å². The average Bonchev–Trinajstić information content (AvgIpc) is 2.31. The zero-order valence-corrected chi connectivity index (χ0v) is 8.12. The van der Waals surface area contributed by atoms with Gasteiger partial charge in [0.05, 0.1) is 12.2 Å². The number of rotatable bonds is 4. The van der Waals surface area contributed by atoms with E-state index in [9.17, 15) is 9.59 Å². The lowest BCUT2D eigenvalue weighted by molar-refractivity contribution is -0.125. The fourth-order valence-corrected chi connectivity index (χ4v) is 1.33. The fourth-order valence-electron chi connectivity index (χ4n) is 1.33. The van der Waals surface area contributed by atoms with E-state index in [2.05, 4.69) is 0 Å². The summed E-state index contributed by atoms with van der Waals surface area (Å²) in [5.74, 6) is 0.0986. The monoisotopic (exact) mass is 193 g/mol. The van der Waals surface area contributed by atoms with Crippen molar-refractivity contribution in [2.24, 2.45) is 0 Å². The first-order valence-electron chi connectivity index (χ1n) is 4.40. The van der Waals surface area contributed by atoms with Gasteiger partial charge in [-0.1, -0.05) is 0 Å². The van der Waals surface area contributed by atoms with Gasteiger partial charge in [-0.3, -0.25) is 15.1 Å². The summed E-state index contributed by atoms with van der Waals surface area (Å²) in [5.41, 5.74) is -0.378. The van der Waals surface area contributed by atoms with E-state index in [1.807, 2.05) is 0 Å². The molecule has 0 aliphatic carbocycles. The highest BCUT2D eigenvalue weighted by molar-refractivity contribution is 6.57. The van der Waals surface area contributed by atoms with Crippen LogP contribution in [0.1, 0.15) is 12.8 Å². The van der Waals surface area contributed by atoms with Crippen molar-refractivity contribution in [2.45, 2.75) is 12.8 Å². The maximum Gasteiger partial charge on any atom is 0.248 e. The van der Waals surface area contributed by atoms with Gasteiger partial charge >= 0.3 is 0 Å². The van der Waals surface area contributed by atoms with Crippen LogP contribution in [0.2, 0.25) is 0 Å². The predicted octanol–water partition coefficient (Wildman–Crippen LogP) is -0.830. The number of carbonyl (C=O) groups excluding carboxylic acids is 2. The molecule has 0 saturated carbocycles. The van der Waals surface area contributed by atoms with Crippen LogP contribution in [0.4, 0.5) is 0 Å². The third kappa shape index (κ3) is 2.34. The zero-order valence-electron chi connectivity index (χ0n) is 8.12. The Morgan fingerprint density at radius 1 is 1.64 bits per heavy atom. The first kappa shape index (κ1) is 10.8. The Morgan fingerprint density at radius 2 is 2.29 bits per heavy atom. The van der Waals surface area contributed by atoms with Crippen LogP contribution in [0.15, 0.2) is 0 Å². The first-order chi connectivity index (χ1) is 6.52. The van der Waals surface area contributed by atoms with Crippen LogP contribution in [-0.2, 0) is 9.59 Å². The van der Waals surface area contributed by atoms with Crippen molar-refractivity contribution in [1.82, 2.24) is 9.80 Å². The Hall–Kier alpha value is -1.33. The number of guanidine groups is 1. The lowest BCUT2D eigenvalue weighted by atomic mass is 9.98. The molecular weight excluding hydrogens is 181 g/mol. The molecule has 0 aromatic rings. The Balaban J connectivity index is 2.41. The fraction of sp³-hybridized carbons (Fsp3) is 0.625. The first-order valence-corrected chi connectivity index (χ1v) is 4.40. The summed E-state index contributed by atoms with van der Waals surface area (Å²) >= 11 is 0. The molecule has 1 saturated heterocycles. The molecule has 1 aliphatic heterocycles. The molecule has 2 radical (unpaired) electrons. The van der Waals surface area contributed by atoms with Crippen LogP contribution in [0.3, 0.4) is 0 Å². The molecule has 1 fully saturated rings. The van der Waals surface area contributed by atoms with Crippen LogP contribution in [0, 0.1) is 5.41 Å². The molecular formula is C8H12BN3O2. The maximum atomic E-state index is 11.3. The van der Waals surface area contributed by atoms with Gasteiger partial charge in [-0.05, 0) is 12.8 Å². The van der Waals surface area contributed by atoms with Crippen molar-refractivity contribution in [3.05, 3.63) is 0 Å². The van der Waals surface area contributed by atoms with Crippen LogP contribution < -0.4 is 0 Å². The molecule has 1 heterocycles. The molecule has 6 heteroatoms. The zero-order chi connectivity index (χ0) is 10.7. The van der Waals surface area contributed by atoms with Gasteiger partial charge in [0.25, 0.3) is 0 Å². The van der Waals surface area contributed by atoms with E-state index in [0.29, 0.717) is 13.0 Å². The van der Waals surface area contributed by atoms with E-state index in [0.717, 1.165) is 0 Å². The summed E-state index contributed by atoms with van der Waals surface area (Å²) in [6, 6.07) is 0. The molecule has 5 nitrogen and oxygen atoms in total. The number of amides is 1. The number of carbonyl (C=O) groups is 2. The minimum absolute atomic E-state index is 0.0954. The summed E-state index contributed by atoms with van der Waals surface area (Å²) in [5, 5.41) is 7.54. The highest BCUT2D eigenvalue weighted by Crippen LogP contribution is 2.07. The molecule has 0 aromatic carbocycles. The van der Waals surface area contributed by atoms with Gasteiger partial charge in [0.15, 0.2) is 7.85 Å². The molecule has 1 aliphatic rings. The van der Waals surface area contributed by atoms with E-state index in [1.54, 1.807) is 11.9 Å². The van der Waals surface area contributed by atoms with Gasteiger partial charge in [-0.2, -0.15) is 0 Å². The van der Waals surface area contributed by atoms with Crippen molar-refractivity contribution < 1.29 is 9.59 Å². The van der Waals surface area contributed by atoms with Crippen molar-refractivity contribution in [3.8, 4) is 0 Å². The molecule has 0 atom stereocenters. The molecule has 1 rings (SSSR count). The van der Waals surface area contributed by atoms with E-state index in [-0.39, 0.29) is 30.5 Å². The predicted molar refractivity (Wildman–Crippen MR) is 52.1 cm³/mol. The van der Waals surface area contributed by atoms with Crippen molar-refractivity contribution in [3.63, 3.8) is 0 Å². The van der Waals surface area contributed by atoms with Crippen molar-refractivity contribution in [1.29, 1.82) is 5.41 Å². The average molecular weight is 193 g/mol. The number of likely N-dealkylation sites (N-methyl/N-ethyl adjacent to an activating group) is 1. The molecule has 1 N–H and O–H groups in total. The minimum atomic E-state index is -0.378. The van der Waals surface area contributed by atoms with Crippen LogP contribution in [-0.4, -0.2) is 55.3 Å². The van der Waals surface area contributed by atoms with E-state index < -0.39 is 0 Å². The molecule has 0 spiro atoms. The van der Waals surface area contributed by atoms with E-state index >= 15 is 0 Å². The van der Waals surface area contributed by atoms with Crippen LogP contribution in [0.25, 0.3) is 0 Å². The molecule has 0 unspecified atom stereocenters. The molecule has 1 amide bonds. The van der Waals surface area contributed by atoms with Gasteiger partial charge in [0.2, 0.25) is 11.9 Å². The lowest BCUT2D eigenvalue weighted by Crippen LogP contribution is -2.33. The minimum Gasteiger partial charge on any atom is -0.336 e. The second-order valence-electron chi connectivity index (χ2n) is 3.29. The van der Waals surface area contributed by atoms with Gasteiger partial charge in [0, 0.05) is 13.6 Å². The lowest BCUT2D eigenvalue weighted by Gasteiger charge is -2.16. The summed E-state index contributed by atoms with van der Waals surface area (Å²) in [6.45, 7) is 0.639. The smallest absolute Gasteiger partial charge is 0.248 e. The van der Waals surface area contributed by atoms with Crippen molar-refractivity contribution in [2.75, 3.05) is 20.1 Å². The highest BCUT2D eigenvalue weighted by Gasteiger charge is 2.29. The number of hydrogen-bond donors (Lipinski definition) is 1. The maximum absolute atomic E-state index is 11.3. The SMILES string of the molecule is [B]C(=O)CCCN1C(=N)N(C)CC1=O. The summed E-state index contributed by atoms with van der Waals surface area (Å²) in [6.07, 6.45) is 0.762. The molecule has 74 valence electrons. The summed E-state index contributed by atoms with van der Waals surface area (Å²) in [7, 11) is 6.66. The van der Waals surface area contributed by atoms with Crippen LogP contribution in [0.5, 0.6) is 0 Å². The summed E-state index contributed by atoms with van der Waals surface area (Å²) < 4.78 is 0. The quantitative estimate of drug-likeness (QED) is 0.592. The third-order valence-electron chi connectivity index (χ3n) is 2.10. The van der Waals surface area contributed by atoms with Gasteiger partial charge in [-0.15, -0.1) is 0 Å². The highest BCUT2D eigenvalue weighted by atomic mass is 16.2. The topological polar surface area (TPSA) is 64.5 Å². The van der Waals surface area contributed by atoms with Gasteiger partial charge in [-0.25, -0.2) is 0 Å². The van der Waals surface area contributed by atoms with Crippen LogP contribution >= 0.6 is 0 Å². The molecule has 0 aromatic heterocycles. The van der Waals surface area contributed by atoms with E-state index in [1.165, 1.54) is 4.90 Å². The largest absolute Gasteiger partial charge is 0.336 e. The normalized spacial score (nSPS) is 16.6. The number of hydrogen-bond acceptors (Lipinski definition) is 3. The second kappa shape index (κ2) is 4.26. The third-order valence-corrected chi connectivity index (χ3v) is 2.10. The van der Waals surface area contributed by atoms with Gasteiger partial charge < -0.3 is 9.69 Å². The molecule has 0 bridgehead atoms. The standard InChI is InChI=1S/C8H12BN3O2/c1-11-5-7(14)12(8(11)10)4-2-3-6(9)13/h10H,2-5H2,1H3. The Bertz CT molecular complexity index is 280. The van der Waals surface area contributed by atoms with Gasteiger partial charge in [0.1, 0.15) is 0 Å². The Morgan fingerprint density at radius 3 is 2.71 bits per heavy atom.